The van der Waals surface area contributed by atoms with Gasteiger partial charge in [-0.2, -0.15) is 0 Å². The minimum Gasteiger partial charge on any atom is -0.511 e. The van der Waals surface area contributed by atoms with Crippen molar-refractivity contribution in [3.63, 3.8) is 0 Å². The zero-order valence-corrected chi connectivity index (χ0v) is 19.6. The molecule has 1 heterocycles. The Labute approximate surface area is 191 Å². The van der Waals surface area contributed by atoms with Crippen LogP contribution in [0.2, 0.25) is 0 Å². The summed E-state index contributed by atoms with van der Waals surface area (Å²) in [4.78, 5) is 51.8. The summed E-state index contributed by atoms with van der Waals surface area (Å²) in [5, 5.41) is 21.1. The van der Waals surface area contributed by atoms with Gasteiger partial charge in [-0.05, 0) is 12.3 Å². The predicted octanol–water partition coefficient (Wildman–Crippen LogP) is 1.16. The van der Waals surface area contributed by atoms with Crippen LogP contribution in [-0.4, -0.2) is 76.9 Å². The molecule has 5 atom stereocenters. The summed E-state index contributed by atoms with van der Waals surface area (Å²) in [7, 11) is 0. The van der Waals surface area contributed by atoms with Crippen LogP contribution in [-0.2, 0) is 38.1 Å². The second kappa shape index (κ2) is 10.4. The summed E-state index contributed by atoms with van der Waals surface area (Å²) in [6, 6.07) is -1.30. The van der Waals surface area contributed by atoms with Gasteiger partial charge in [0.1, 0.15) is 24.5 Å². The molecule has 0 aromatic carbocycles. The average molecular weight is 469 g/mol. The topological polar surface area (TPSA) is 158 Å². The molecule has 0 amide bonds. The van der Waals surface area contributed by atoms with Gasteiger partial charge in [0.2, 0.25) is 0 Å². The van der Waals surface area contributed by atoms with Gasteiger partial charge in [0.25, 0.3) is 0 Å². The lowest BCUT2D eigenvalue weighted by atomic mass is 9.75. The number of hydrogen-bond acceptors (Lipinski definition) is 11. The number of aliphatic hydroxyl groups excluding tert-OH is 2. The van der Waals surface area contributed by atoms with Gasteiger partial charge in [0.05, 0.1) is 5.57 Å². The van der Waals surface area contributed by atoms with Gasteiger partial charge in [0, 0.05) is 39.3 Å². The number of ether oxygens (including phenoxy) is 4. The molecule has 11 nitrogen and oxygen atoms in total. The maximum atomic E-state index is 12.7. The highest BCUT2D eigenvalue weighted by molar-refractivity contribution is 6.22. The second-order valence-corrected chi connectivity index (χ2v) is 8.98. The van der Waals surface area contributed by atoms with E-state index in [0.717, 1.165) is 13.8 Å². The number of esters is 3. The Hall–Kier alpha value is -2.79. The van der Waals surface area contributed by atoms with Crippen LogP contribution in [0, 0.1) is 5.41 Å². The summed E-state index contributed by atoms with van der Waals surface area (Å²) in [5.74, 6) is -2.54. The number of allylic oxidation sites excluding steroid dienone is 2. The van der Waals surface area contributed by atoms with Crippen molar-refractivity contribution in [2.45, 2.75) is 85.0 Å². The Bertz CT molecular complexity index is 874. The van der Waals surface area contributed by atoms with Crippen LogP contribution in [0.4, 0.5) is 0 Å². The Morgan fingerprint density at radius 2 is 1.61 bits per heavy atom. The monoisotopic (exact) mass is 469 g/mol. The van der Waals surface area contributed by atoms with Crippen LogP contribution in [0.25, 0.3) is 0 Å². The molecule has 0 unspecified atom stereocenters. The van der Waals surface area contributed by atoms with Gasteiger partial charge in [-0.1, -0.05) is 13.8 Å². The van der Waals surface area contributed by atoms with Crippen molar-refractivity contribution in [3.05, 3.63) is 11.3 Å². The first-order chi connectivity index (χ1) is 15.2. The van der Waals surface area contributed by atoms with E-state index in [2.05, 4.69) is 4.99 Å². The molecule has 2 rings (SSSR count). The first kappa shape index (κ1) is 26.5. The first-order valence-electron chi connectivity index (χ1n) is 10.5. The van der Waals surface area contributed by atoms with Crippen molar-refractivity contribution >= 4 is 29.4 Å². The van der Waals surface area contributed by atoms with Crippen molar-refractivity contribution < 1.29 is 48.3 Å². The third kappa shape index (κ3) is 6.84. The Morgan fingerprint density at radius 1 is 1.03 bits per heavy atom. The van der Waals surface area contributed by atoms with Crippen LogP contribution in [0.3, 0.4) is 0 Å². The standard InChI is InChI=1S/C22H31NO10/c1-10(17-14(27)7-22(5,6)8-15(17)28)23-18-20(32-13(4)26)19(31-12(3)25)16(33-21(18)29)9-30-11(2)24/h16,18-21,27,29H,7-9H2,1-6H3/t16-,18+,19-,20-,21+/m1/s1. The lowest BCUT2D eigenvalue weighted by Crippen LogP contribution is -2.61. The van der Waals surface area contributed by atoms with E-state index in [1.54, 1.807) is 0 Å². The Morgan fingerprint density at radius 3 is 2.12 bits per heavy atom. The Balaban J connectivity index is 2.46. The van der Waals surface area contributed by atoms with Gasteiger partial charge in [-0.15, -0.1) is 0 Å². The fourth-order valence-electron chi connectivity index (χ4n) is 4.03. The number of aliphatic imine (C=N–C) groups is 1. The summed E-state index contributed by atoms with van der Waals surface area (Å²) < 4.78 is 21.0. The van der Waals surface area contributed by atoms with Crippen LogP contribution in [0.15, 0.2) is 16.3 Å². The zero-order valence-electron chi connectivity index (χ0n) is 19.6. The van der Waals surface area contributed by atoms with Crippen molar-refractivity contribution in [3.8, 4) is 0 Å². The molecule has 1 saturated heterocycles. The number of nitrogens with zero attached hydrogens (tertiary/aromatic N) is 1. The van der Waals surface area contributed by atoms with Gasteiger partial charge in [0.15, 0.2) is 24.3 Å². The lowest BCUT2D eigenvalue weighted by Gasteiger charge is -2.42. The molecule has 2 N–H and O–H groups in total. The van der Waals surface area contributed by atoms with Crippen LogP contribution in [0.5, 0.6) is 0 Å². The van der Waals surface area contributed by atoms with Crippen molar-refractivity contribution in [1.29, 1.82) is 0 Å². The second-order valence-electron chi connectivity index (χ2n) is 8.98. The highest BCUT2D eigenvalue weighted by atomic mass is 16.7. The maximum absolute atomic E-state index is 12.7. The quantitative estimate of drug-likeness (QED) is 0.328. The molecule has 2 aliphatic rings. The number of ketones is 1. The molecule has 0 spiro atoms. The molecule has 184 valence electrons. The first-order valence-corrected chi connectivity index (χ1v) is 10.5. The molecule has 0 saturated carbocycles. The average Bonchev–Trinajstić information content (AvgIpc) is 2.62. The van der Waals surface area contributed by atoms with Crippen LogP contribution >= 0.6 is 0 Å². The number of carbonyl (C=O) groups excluding carboxylic acids is 4. The third-order valence-electron chi connectivity index (χ3n) is 5.25. The van der Waals surface area contributed by atoms with Crippen LogP contribution < -0.4 is 0 Å². The van der Waals surface area contributed by atoms with Gasteiger partial charge < -0.3 is 29.2 Å². The van der Waals surface area contributed by atoms with E-state index in [1.165, 1.54) is 13.8 Å². The van der Waals surface area contributed by atoms with E-state index in [-0.39, 0.29) is 42.3 Å². The number of carbonyl (C=O) groups is 4. The normalized spacial score (nSPS) is 30.0. The number of hydrogen-bond donors (Lipinski definition) is 2. The van der Waals surface area contributed by atoms with Crippen molar-refractivity contribution in [2.75, 3.05) is 6.61 Å². The number of aliphatic hydroxyl groups is 2. The van der Waals surface area contributed by atoms with Gasteiger partial charge in [-0.25, -0.2) is 0 Å². The van der Waals surface area contributed by atoms with Crippen molar-refractivity contribution in [2.24, 2.45) is 10.4 Å². The zero-order chi connectivity index (χ0) is 25.1. The highest BCUT2D eigenvalue weighted by Crippen LogP contribution is 2.36. The smallest absolute Gasteiger partial charge is 0.303 e. The molecule has 1 fully saturated rings. The minimum absolute atomic E-state index is 0.0224. The maximum Gasteiger partial charge on any atom is 0.303 e. The highest BCUT2D eigenvalue weighted by Gasteiger charge is 2.50. The molecular weight excluding hydrogens is 438 g/mol. The molecule has 0 radical (unpaired) electrons. The predicted molar refractivity (Wildman–Crippen MR) is 113 cm³/mol. The number of Topliss-reactive ketones (excluding diaryl/α,β-unsaturated/α-hetero) is 1. The molecular formula is C22H31NO10. The van der Waals surface area contributed by atoms with E-state index in [1.807, 2.05) is 13.8 Å². The lowest BCUT2D eigenvalue weighted by molar-refractivity contribution is -0.260. The van der Waals surface area contributed by atoms with E-state index < -0.39 is 54.0 Å². The summed E-state index contributed by atoms with van der Waals surface area (Å²) in [5.41, 5.74) is -0.282. The van der Waals surface area contributed by atoms with E-state index in [0.29, 0.717) is 0 Å². The molecule has 1 aliphatic carbocycles. The molecule has 0 aromatic heterocycles. The van der Waals surface area contributed by atoms with E-state index in [9.17, 15) is 29.4 Å². The van der Waals surface area contributed by atoms with E-state index in [4.69, 9.17) is 18.9 Å². The van der Waals surface area contributed by atoms with E-state index >= 15 is 0 Å². The Kier molecular flexibility index (Phi) is 8.36. The summed E-state index contributed by atoms with van der Waals surface area (Å²) in [6.45, 7) is 8.24. The minimum atomic E-state index is -1.66. The third-order valence-corrected chi connectivity index (χ3v) is 5.25. The van der Waals surface area contributed by atoms with Crippen molar-refractivity contribution in [1.82, 2.24) is 0 Å². The molecule has 33 heavy (non-hydrogen) atoms. The molecule has 0 aromatic rings. The summed E-state index contributed by atoms with van der Waals surface area (Å²) >= 11 is 0. The molecule has 1 aliphatic heterocycles. The van der Waals surface area contributed by atoms with Gasteiger partial charge >= 0.3 is 17.9 Å². The fourth-order valence-corrected chi connectivity index (χ4v) is 4.03. The largest absolute Gasteiger partial charge is 0.511 e. The summed E-state index contributed by atoms with van der Waals surface area (Å²) in [6.07, 6.45) is -4.93. The SMILES string of the molecule is CC(=O)OC[C@H]1O[C@H](O)[C@@H](N=C(C)C2=C(O)CC(C)(C)CC2=O)[C@@H](OC(C)=O)[C@@H]1OC(C)=O. The number of rotatable bonds is 6. The molecule has 11 heteroatoms. The van der Waals surface area contributed by atoms with Crippen LogP contribution in [0.1, 0.15) is 54.4 Å². The van der Waals surface area contributed by atoms with Gasteiger partial charge in [-0.3, -0.25) is 24.2 Å². The fraction of sp³-hybridized carbons (Fsp3) is 0.682. The molecule has 0 bridgehead atoms.